The zero-order valence-corrected chi connectivity index (χ0v) is 17.4. The van der Waals surface area contributed by atoms with Gasteiger partial charge in [-0.2, -0.15) is 0 Å². The Bertz CT molecular complexity index is 1280. The van der Waals surface area contributed by atoms with Gasteiger partial charge >= 0.3 is 0 Å². The van der Waals surface area contributed by atoms with Crippen LogP contribution in [0.5, 0.6) is 11.5 Å². The van der Waals surface area contributed by atoms with Crippen LogP contribution in [0.15, 0.2) is 71.9 Å². The Labute approximate surface area is 186 Å². The number of thioether (sulfide) groups is 1. The summed E-state index contributed by atoms with van der Waals surface area (Å²) in [5, 5.41) is 28.1. The highest BCUT2D eigenvalue weighted by atomic mass is 35.5. The number of carbonyl (C=O) groups excluding carboxylic acids is 1. The van der Waals surface area contributed by atoms with E-state index in [1.54, 1.807) is 42.5 Å². The predicted octanol–water partition coefficient (Wildman–Crippen LogP) is 5.11. The fourth-order valence-corrected chi connectivity index (χ4v) is 4.00. The van der Waals surface area contributed by atoms with Crippen LogP contribution in [0.2, 0.25) is 5.02 Å². The van der Waals surface area contributed by atoms with Crippen molar-refractivity contribution < 1.29 is 19.4 Å². The van der Waals surface area contributed by atoms with E-state index in [1.165, 1.54) is 28.8 Å². The molecule has 1 aromatic heterocycles. The summed E-state index contributed by atoms with van der Waals surface area (Å²) in [6.07, 6.45) is 0. The first-order chi connectivity index (χ1) is 15.0. The van der Waals surface area contributed by atoms with Crippen LogP contribution in [0.25, 0.3) is 17.1 Å². The van der Waals surface area contributed by atoms with Gasteiger partial charge in [0.05, 0.1) is 16.5 Å². The number of hydrogen-bond acceptors (Lipinski definition) is 6. The number of hydrogen-bond donors (Lipinski definition) is 2. The zero-order valence-electron chi connectivity index (χ0n) is 15.9. The average Bonchev–Trinajstić information content (AvgIpc) is 3.18. The van der Waals surface area contributed by atoms with E-state index in [4.69, 9.17) is 11.6 Å². The third-order valence-electron chi connectivity index (χ3n) is 4.47. The minimum atomic E-state index is -0.479. The number of ketones is 1. The lowest BCUT2D eigenvalue weighted by atomic mass is 10.1. The Balaban J connectivity index is 1.71. The Morgan fingerprint density at radius 1 is 1.00 bits per heavy atom. The number of nitrogens with zero attached hydrogens (tertiary/aromatic N) is 3. The summed E-state index contributed by atoms with van der Waals surface area (Å²) in [7, 11) is 0. The van der Waals surface area contributed by atoms with Crippen molar-refractivity contribution in [3.05, 3.63) is 83.1 Å². The number of para-hydroxylation sites is 1. The number of phenols is 2. The van der Waals surface area contributed by atoms with Crippen molar-refractivity contribution in [3.63, 3.8) is 0 Å². The van der Waals surface area contributed by atoms with Gasteiger partial charge in [-0.3, -0.25) is 9.36 Å². The van der Waals surface area contributed by atoms with E-state index in [2.05, 4.69) is 10.2 Å². The van der Waals surface area contributed by atoms with Crippen molar-refractivity contribution in [2.24, 2.45) is 0 Å². The second kappa shape index (κ2) is 8.79. The SMILES string of the molecule is O=C(CSc1nnc(-c2ccccc2Cl)n1-c1ccccc1F)c1ccc(O)c(O)c1. The van der Waals surface area contributed by atoms with E-state index in [0.717, 1.165) is 11.8 Å². The number of Topliss-reactive ketones (excluding diaryl/α,β-unsaturated/α-hetero) is 1. The number of aromatic hydroxyl groups is 2. The summed E-state index contributed by atoms with van der Waals surface area (Å²) >= 11 is 7.39. The van der Waals surface area contributed by atoms with E-state index >= 15 is 0 Å². The Kier molecular flexibility index (Phi) is 5.92. The molecule has 3 aromatic carbocycles. The van der Waals surface area contributed by atoms with Crippen molar-refractivity contribution in [3.8, 4) is 28.6 Å². The molecule has 0 saturated heterocycles. The van der Waals surface area contributed by atoms with Gasteiger partial charge in [0.1, 0.15) is 5.82 Å². The lowest BCUT2D eigenvalue weighted by Gasteiger charge is -2.12. The van der Waals surface area contributed by atoms with Crippen molar-refractivity contribution >= 4 is 29.1 Å². The molecule has 0 amide bonds. The number of rotatable bonds is 6. The van der Waals surface area contributed by atoms with E-state index in [-0.39, 0.29) is 34.3 Å². The number of carbonyl (C=O) groups is 1. The largest absolute Gasteiger partial charge is 0.504 e. The first-order valence-corrected chi connectivity index (χ1v) is 10.4. The minimum Gasteiger partial charge on any atom is -0.504 e. The maximum absolute atomic E-state index is 14.6. The minimum absolute atomic E-state index is 0.0423. The molecular weight excluding hydrogens is 441 g/mol. The van der Waals surface area contributed by atoms with Crippen LogP contribution in [0.1, 0.15) is 10.4 Å². The van der Waals surface area contributed by atoms with Crippen LogP contribution < -0.4 is 0 Å². The summed E-state index contributed by atoms with van der Waals surface area (Å²) in [6.45, 7) is 0. The van der Waals surface area contributed by atoms with Crippen molar-refractivity contribution in [1.29, 1.82) is 0 Å². The molecule has 0 unspecified atom stereocenters. The van der Waals surface area contributed by atoms with Gasteiger partial charge in [0.15, 0.2) is 28.3 Å². The molecule has 0 bridgehead atoms. The smallest absolute Gasteiger partial charge is 0.196 e. The number of phenolic OH excluding ortho intramolecular Hbond substituents is 2. The molecule has 0 fully saturated rings. The first kappa shape index (κ1) is 20.9. The molecule has 2 N–H and O–H groups in total. The van der Waals surface area contributed by atoms with Gasteiger partial charge in [0.25, 0.3) is 0 Å². The molecule has 0 spiro atoms. The molecule has 0 aliphatic carbocycles. The molecule has 0 saturated carbocycles. The summed E-state index contributed by atoms with van der Waals surface area (Å²) in [5.74, 6) is -1.18. The molecular formula is C22H15ClFN3O3S. The molecule has 4 aromatic rings. The van der Waals surface area contributed by atoms with Gasteiger partial charge in [-0.1, -0.05) is 47.6 Å². The van der Waals surface area contributed by atoms with Crippen molar-refractivity contribution in [2.45, 2.75) is 5.16 Å². The number of benzene rings is 3. The zero-order chi connectivity index (χ0) is 22.0. The van der Waals surface area contributed by atoms with Gasteiger partial charge in [0, 0.05) is 11.1 Å². The standard InChI is InChI=1S/C22H15ClFN3O3S/c23-15-6-2-1-5-14(15)21-25-26-22(27(21)17-8-4-3-7-16(17)24)31-12-20(30)13-9-10-18(28)19(29)11-13/h1-11,28-29H,12H2. The molecule has 31 heavy (non-hydrogen) atoms. The fourth-order valence-electron chi connectivity index (χ4n) is 2.94. The molecule has 4 rings (SSSR count). The molecule has 0 aliphatic heterocycles. The molecule has 1 heterocycles. The summed E-state index contributed by atoms with van der Waals surface area (Å²) in [4.78, 5) is 12.6. The fraction of sp³-hybridized carbons (Fsp3) is 0.0455. The van der Waals surface area contributed by atoms with Gasteiger partial charge in [-0.05, 0) is 42.5 Å². The third-order valence-corrected chi connectivity index (χ3v) is 5.73. The normalized spacial score (nSPS) is 10.9. The van der Waals surface area contributed by atoms with Crippen LogP contribution in [0, 0.1) is 5.82 Å². The highest BCUT2D eigenvalue weighted by molar-refractivity contribution is 7.99. The van der Waals surface area contributed by atoms with Crippen LogP contribution in [-0.2, 0) is 0 Å². The first-order valence-electron chi connectivity index (χ1n) is 9.09. The van der Waals surface area contributed by atoms with Crippen molar-refractivity contribution in [1.82, 2.24) is 14.8 Å². The molecule has 6 nitrogen and oxygen atoms in total. The van der Waals surface area contributed by atoms with Gasteiger partial charge < -0.3 is 10.2 Å². The van der Waals surface area contributed by atoms with E-state index in [1.807, 2.05) is 0 Å². The average molecular weight is 456 g/mol. The third kappa shape index (κ3) is 4.26. The predicted molar refractivity (Wildman–Crippen MR) is 117 cm³/mol. The molecule has 156 valence electrons. The van der Waals surface area contributed by atoms with Gasteiger partial charge in [-0.25, -0.2) is 4.39 Å². The lowest BCUT2D eigenvalue weighted by molar-refractivity contribution is 0.102. The Hall–Kier alpha value is -3.36. The second-order valence-electron chi connectivity index (χ2n) is 6.49. The van der Waals surface area contributed by atoms with Crippen LogP contribution in [0.4, 0.5) is 4.39 Å². The van der Waals surface area contributed by atoms with Gasteiger partial charge in [0.2, 0.25) is 0 Å². The summed E-state index contributed by atoms with van der Waals surface area (Å²) in [6, 6.07) is 17.0. The number of halogens is 2. The Morgan fingerprint density at radius 2 is 1.74 bits per heavy atom. The number of aromatic nitrogens is 3. The highest BCUT2D eigenvalue weighted by Gasteiger charge is 2.21. The van der Waals surface area contributed by atoms with Gasteiger partial charge in [-0.15, -0.1) is 10.2 Å². The topological polar surface area (TPSA) is 88.2 Å². The molecule has 0 atom stereocenters. The molecule has 0 radical (unpaired) electrons. The monoisotopic (exact) mass is 455 g/mol. The maximum Gasteiger partial charge on any atom is 0.196 e. The summed E-state index contributed by atoms with van der Waals surface area (Å²) < 4.78 is 16.2. The van der Waals surface area contributed by atoms with Crippen molar-refractivity contribution in [2.75, 3.05) is 5.75 Å². The van der Waals surface area contributed by atoms with Crippen LogP contribution >= 0.6 is 23.4 Å². The van der Waals surface area contributed by atoms with E-state index in [9.17, 15) is 19.4 Å². The van der Waals surface area contributed by atoms with Crippen LogP contribution in [0.3, 0.4) is 0 Å². The Morgan fingerprint density at radius 3 is 2.48 bits per heavy atom. The van der Waals surface area contributed by atoms with E-state index in [0.29, 0.717) is 21.6 Å². The lowest BCUT2D eigenvalue weighted by Crippen LogP contribution is -2.06. The maximum atomic E-state index is 14.6. The van der Waals surface area contributed by atoms with E-state index < -0.39 is 5.82 Å². The van der Waals surface area contributed by atoms with Crippen LogP contribution in [-0.4, -0.2) is 36.5 Å². The molecule has 0 aliphatic rings. The highest BCUT2D eigenvalue weighted by Crippen LogP contribution is 2.33. The second-order valence-corrected chi connectivity index (χ2v) is 7.84. The summed E-state index contributed by atoms with van der Waals surface area (Å²) in [5.41, 5.74) is 1.02. The molecule has 9 heteroatoms. The quantitative estimate of drug-likeness (QED) is 0.238.